The molecule has 0 radical (unpaired) electrons. The largest absolute Gasteiger partial charge is 0.379 e. The van der Waals surface area contributed by atoms with Crippen molar-refractivity contribution in [3.8, 4) is 0 Å². The summed E-state index contributed by atoms with van der Waals surface area (Å²) in [6, 6.07) is 0. The van der Waals surface area contributed by atoms with Crippen molar-refractivity contribution in [3.63, 3.8) is 0 Å². The molecule has 0 aliphatic carbocycles. The van der Waals surface area contributed by atoms with Crippen molar-refractivity contribution in [2.45, 2.75) is 26.2 Å². The van der Waals surface area contributed by atoms with E-state index < -0.39 is 12.4 Å². The number of ether oxygens (including phenoxy) is 3. The molecule has 1 aliphatic heterocycles. The molecule has 0 saturated heterocycles. The summed E-state index contributed by atoms with van der Waals surface area (Å²) in [7, 11) is 0. The van der Waals surface area contributed by atoms with E-state index in [1.54, 1.807) is 13.0 Å². The Labute approximate surface area is 83.8 Å². The van der Waals surface area contributed by atoms with E-state index in [0.717, 1.165) is 0 Å². The van der Waals surface area contributed by atoms with Crippen molar-refractivity contribution in [2.24, 2.45) is 0 Å². The lowest BCUT2D eigenvalue weighted by Crippen LogP contribution is -2.31. The van der Waals surface area contributed by atoms with E-state index in [1.165, 1.54) is 6.08 Å². The monoisotopic (exact) mass is 200 g/mol. The van der Waals surface area contributed by atoms with Crippen molar-refractivity contribution >= 4 is 5.78 Å². The molecule has 1 aliphatic rings. The second-order valence-electron chi connectivity index (χ2n) is 2.98. The van der Waals surface area contributed by atoms with Crippen LogP contribution in [0.3, 0.4) is 0 Å². The first-order chi connectivity index (χ1) is 6.74. The van der Waals surface area contributed by atoms with Gasteiger partial charge in [0.05, 0.1) is 13.2 Å². The van der Waals surface area contributed by atoms with Gasteiger partial charge in [0.2, 0.25) is 0 Å². The molecule has 0 bridgehead atoms. The van der Waals surface area contributed by atoms with E-state index in [0.29, 0.717) is 19.8 Å². The van der Waals surface area contributed by atoms with Gasteiger partial charge in [-0.05, 0) is 26.0 Å². The minimum Gasteiger partial charge on any atom is -0.379 e. The van der Waals surface area contributed by atoms with E-state index in [-0.39, 0.29) is 5.78 Å². The van der Waals surface area contributed by atoms with Gasteiger partial charge in [0.15, 0.2) is 12.1 Å². The van der Waals surface area contributed by atoms with Gasteiger partial charge in [-0.25, -0.2) is 0 Å². The first-order valence-corrected chi connectivity index (χ1v) is 4.81. The quantitative estimate of drug-likeness (QED) is 0.619. The number of hydrogen-bond donors (Lipinski definition) is 0. The lowest BCUT2D eigenvalue weighted by atomic mass is 10.2. The fraction of sp³-hybridized carbons (Fsp3) is 0.700. The number of ketones is 1. The lowest BCUT2D eigenvalue weighted by Gasteiger charge is -2.22. The molecule has 2 atom stereocenters. The van der Waals surface area contributed by atoms with Crippen LogP contribution in [-0.2, 0) is 19.0 Å². The van der Waals surface area contributed by atoms with Gasteiger partial charge >= 0.3 is 0 Å². The molecule has 0 saturated carbocycles. The highest BCUT2D eigenvalue weighted by Crippen LogP contribution is 2.09. The van der Waals surface area contributed by atoms with Gasteiger partial charge < -0.3 is 14.2 Å². The van der Waals surface area contributed by atoms with Gasteiger partial charge in [-0.1, -0.05) is 0 Å². The van der Waals surface area contributed by atoms with Crippen molar-refractivity contribution in [1.82, 2.24) is 0 Å². The molecule has 4 nitrogen and oxygen atoms in total. The van der Waals surface area contributed by atoms with Crippen LogP contribution in [0.5, 0.6) is 0 Å². The molecule has 0 aromatic heterocycles. The Hall–Kier alpha value is -0.710. The molecule has 0 amide bonds. The van der Waals surface area contributed by atoms with Crippen LogP contribution >= 0.6 is 0 Å². The van der Waals surface area contributed by atoms with Crippen molar-refractivity contribution in [1.29, 1.82) is 0 Å². The van der Waals surface area contributed by atoms with E-state index in [4.69, 9.17) is 14.2 Å². The Kier molecular flexibility index (Phi) is 4.79. The molecular weight excluding hydrogens is 184 g/mol. The Morgan fingerprint density at radius 2 is 2.29 bits per heavy atom. The molecule has 80 valence electrons. The van der Waals surface area contributed by atoms with Crippen LogP contribution in [0.1, 0.15) is 13.8 Å². The SMILES string of the molecule is CCOCCOC1C=CC(=O)[C@H](C)O1. The van der Waals surface area contributed by atoms with Crippen molar-refractivity contribution in [3.05, 3.63) is 12.2 Å². The Bertz CT molecular complexity index is 212. The standard InChI is InChI=1S/C10H16O4/c1-3-12-6-7-13-10-5-4-9(11)8(2)14-10/h4-5,8,10H,3,6-7H2,1-2H3/t8-,10?/m0/s1. The minimum atomic E-state index is -0.414. The Balaban J connectivity index is 2.20. The minimum absolute atomic E-state index is 0.0188. The maximum absolute atomic E-state index is 11.0. The van der Waals surface area contributed by atoms with Crippen LogP contribution in [0.2, 0.25) is 0 Å². The summed E-state index contributed by atoms with van der Waals surface area (Å²) in [5, 5.41) is 0. The molecule has 0 aromatic rings. The fourth-order valence-corrected chi connectivity index (χ4v) is 1.08. The van der Waals surface area contributed by atoms with Crippen LogP contribution in [0.25, 0.3) is 0 Å². The average Bonchev–Trinajstić information content (AvgIpc) is 2.18. The smallest absolute Gasteiger partial charge is 0.184 e. The van der Waals surface area contributed by atoms with Gasteiger partial charge in [0.1, 0.15) is 6.10 Å². The first kappa shape index (κ1) is 11.4. The maximum Gasteiger partial charge on any atom is 0.184 e. The van der Waals surface area contributed by atoms with Crippen LogP contribution in [0, 0.1) is 0 Å². The highest BCUT2D eigenvalue weighted by atomic mass is 16.7. The highest BCUT2D eigenvalue weighted by molar-refractivity contribution is 5.93. The summed E-state index contributed by atoms with van der Waals surface area (Å²) >= 11 is 0. The second kappa shape index (κ2) is 5.90. The summed E-state index contributed by atoms with van der Waals surface area (Å²) in [5.74, 6) is -0.0188. The fourth-order valence-electron chi connectivity index (χ4n) is 1.08. The zero-order chi connectivity index (χ0) is 10.4. The number of carbonyl (C=O) groups is 1. The molecular formula is C10H16O4. The predicted molar refractivity (Wildman–Crippen MR) is 50.9 cm³/mol. The van der Waals surface area contributed by atoms with Crippen molar-refractivity contribution in [2.75, 3.05) is 19.8 Å². The Morgan fingerprint density at radius 3 is 2.93 bits per heavy atom. The van der Waals surface area contributed by atoms with Crippen LogP contribution < -0.4 is 0 Å². The molecule has 4 heteroatoms. The lowest BCUT2D eigenvalue weighted by molar-refractivity contribution is -0.163. The van der Waals surface area contributed by atoms with Gasteiger partial charge in [-0.15, -0.1) is 0 Å². The molecule has 0 aromatic carbocycles. The molecule has 1 unspecified atom stereocenters. The average molecular weight is 200 g/mol. The number of carbonyl (C=O) groups excluding carboxylic acids is 1. The summed E-state index contributed by atoms with van der Waals surface area (Å²) in [4.78, 5) is 11.0. The van der Waals surface area contributed by atoms with Crippen LogP contribution in [0.15, 0.2) is 12.2 Å². The van der Waals surface area contributed by atoms with Gasteiger partial charge in [-0.3, -0.25) is 4.79 Å². The number of hydrogen-bond acceptors (Lipinski definition) is 4. The van der Waals surface area contributed by atoms with E-state index >= 15 is 0 Å². The molecule has 0 spiro atoms. The molecule has 1 heterocycles. The van der Waals surface area contributed by atoms with Crippen molar-refractivity contribution < 1.29 is 19.0 Å². The topological polar surface area (TPSA) is 44.8 Å². The summed E-state index contributed by atoms with van der Waals surface area (Å²) in [6.45, 7) is 5.35. The third kappa shape index (κ3) is 3.57. The maximum atomic E-state index is 11.0. The summed E-state index contributed by atoms with van der Waals surface area (Å²) < 4.78 is 15.7. The summed E-state index contributed by atoms with van der Waals surface area (Å²) in [6.07, 6.45) is 2.30. The molecule has 1 rings (SSSR count). The third-order valence-corrected chi connectivity index (χ3v) is 1.87. The van der Waals surface area contributed by atoms with Gasteiger partial charge in [0.25, 0.3) is 0 Å². The van der Waals surface area contributed by atoms with Crippen LogP contribution in [0.4, 0.5) is 0 Å². The van der Waals surface area contributed by atoms with E-state index in [2.05, 4.69) is 0 Å². The van der Waals surface area contributed by atoms with Crippen LogP contribution in [-0.4, -0.2) is 38.0 Å². The first-order valence-electron chi connectivity index (χ1n) is 4.81. The zero-order valence-electron chi connectivity index (χ0n) is 8.56. The molecule has 14 heavy (non-hydrogen) atoms. The highest BCUT2D eigenvalue weighted by Gasteiger charge is 2.20. The Morgan fingerprint density at radius 1 is 1.50 bits per heavy atom. The van der Waals surface area contributed by atoms with E-state index in [1.807, 2.05) is 6.92 Å². The number of rotatable bonds is 5. The third-order valence-electron chi connectivity index (χ3n) is 1.87. The second-order valence-corrected chi connectivity index (χ2v) is 2.98. The van der Waals surface area contributed by atoms with Gasteiger partial charge in [0, 0.05) is 6.61 Å². The van der Waals surface area contributed by atoms with Gasteiger partial charge in [-0.2, -0.15) is 0 Å². The molecule has 0 N–H and O–H groups in total. The normalized spacial score (nSPS) is 26.9. The molecule has 0 fully saturated rings. The van der Waals surface area contributed by atoms with E-state index in [9.17, 15) is 4.79 Å². The summed E-state index contributed by atoms with van der Waals surface area (Å²) in [5.41, 5.74) is 0. The zero-order valence-corrected chi connectivity index (χ0v) is 8.56. The predicted octanol–water partition coefficient (Wildman–Crippen LogP) is 0.910.